The number of benzene rings is 2. The molecular formula is C22H25BrN2O6. The van der Waals surface area contributed by atoms with Crippen LogP contribution in [0, 0.1) is 0 Å². The lowest BCUT2D eigenvalue weighted by molar-refractivity contribution is -0.145. The van der Waals surface area contributed by atoms with Crippen molar-refractivity contribution in [2.45, 2.75) is 20.3 Å². The number of halogens is 1. The minimum absolute atomic E-state index is 0.192. The van der Waals surface area contributed by atoms with E-state index in [-0.39, 0.29) is 25.5 Å². The number of rotatable bonds is 11. The molecule has 0 saturated carbocycles. The zero-order valence-electron chi connectivity index (χ0n) is 17.6. The maximum atomic E-state index is 12.1. The first-order valence-electron chi connectivity index (χ1n) is 9.66. The molecule has 0 radical (unpaired) electrons. The summed E-state index contributed by atoms with van der Waals surface area (Å²) in [6.45, 7) is 4.27. The van der Waals surface area contributed by atoms with Crippen molar-refractivity contribution in [3.05, 3.63) is 52.0 Å². The summed E-state index contributed by atoms with van der Waals surface area (Å²) in [6.07, 6.45) is 1.68. The van der Waals surface area contributed by atoms with Crippen molar-refractivity contribution < 1.29 is 28.5 Å². The van der Waals surface area contributed by atoms with Gasteiger partial charge in [0.1, 0.15) is 5.75 Å². The minimum atomic E-state index is -0.475. The van der Waals surface area contributed by atoms with Crippen LogP contribution in [-0.4, -0.2) is 45.0 Å². The minimum Gasteiger partial charge on any atom is -0.494 e. The van der Waals surface area contributed by atoms with E-state index >= 15 is 0 Å². The molecule has 0 aromatic heterocycles. The molecule has 0 saturated heterocycles. The molecule has 1 amide bonds. The van der Waals surface area contributed by atoms with Crippen LogP contribution in [-0.2, 0) is 20.7 Å². The lowest BCUT2D eigenvalue weighted by atomic mass is 10.1. The second-order valence-electron chi connectivity index (χ2n) is 6.17. The smallest absolute Gasteiger partial charge is 0.344 e. The van der Waals surface area contributed by atoms with Crippen LogP contribution in [0.1, 0.15) is 25.0 Å². The second kappa shape index (κ2) is 12.6. The number of hydrogen-bond donors (Lipinski definition) is 1. The van der Waals surface area contributed by atoms with Gasteiger partial charge in [-0.3, -0.25) is 4.79 Å². The number of hydrogen-bond acceptors (Lipinski definition) is 7. The molecule has 2 aromatic carbocycles. The fourth-order valence-electron chi connectivity index (χ4n) is 2.56. The van der Waals surface area contributed by atoms with Gasteiger partial charge in [0, 0.05) is 0 Å². The van der Waals surface area contributed by atoms with E-state index in [1.54, 1.807) is 19.1 Å². The number of methoxy groups -OCH3 is 1. The van der Waals surface area contributed by atoms with Crippen molar-refractivity contribution in [1.82, 2.24) is 5.43 Å². The molecule has 0 spiro atoms. The van der Waals surface area contributed by atoms with E-state index in [4.69, 9.17) is 18.9 Å². The van der Waals surface area contributed by atoms with Gasteiger partial charge in [-0.25, -0.2) is 10.2 Å². The summed E-state index contributed by atoms with van der Waals surface area (Å²) in [7, 11) is 1.48. The van der Waals surface area contributed by atoms with Crippen molar-refractivity contribution in [3.63, 3.8) is 0 Å². The van der Waals surface area contributed by atoms with E-state index < -0.39 is 5.97 Å². The standard InChI is InChI=1S/C22H25BrN2O6/c1-4-29-17-8-6-15(7-9-17)12-20(26)25-24-13-16-10-18(23)22(19(11-16)28-3)31-14-21(27)30-5-2/h6-11,13H,4-5,12,14H2,1-3H3,(H,25,26)/b24-13-. The van der Waals surface area contributed by atoms with Gasteiger partial charge in [-0.1, -0.05) is 12.1 Å². The van der Waals surface area contributed by atoms with E-state index in [1.807, 2.05) is 31.2 Å². The number of nitrogens with zero attached hydrogens (tertiary/aromatic N) is 1. The monoisotopic (exact) mass is 492 g/mol. The normalized spacial score (nSPS) is 10.6. The largest absolute Gasteiger partial charge is 0.494 e. The van der Waals surface area contributed by atoms with Gasteiger partial charge in [0.2, 0.25) is 5.91 Å². The van der Waals surface area contributed by atoms with Gasteiger partial charge in [-0.05, 0) is 65.2 Å². The van der Waals surface area contributed by atoms with Crippen molar-refractivity contribution >= 4 is 34.0 Å². The first kappa shape index (κ1) is 24.2. The van der Waals surface area contributed by atoms with Crippen LogP contribution in [0.3, 0.4) is 0 Å². The van der Waals surface area contributed by atoms with Gasteiger partial charge < -0.3 is 18.9 Å². The van der Waals surface area contributed by atoms with Crippen LogP contribution in [0.4, 0.5) is 0 Å². The maximum absolute atomic E-state index is 12.1. The predicted molar refractivity (Wildman–Crippen MR) is 120 cm³/mol. The van der Waals surface area contributed by atoms with Gasteiger partial charge in [0.25, 0.3) is 0 Å². The van der Waals surface area contributed by atoms with E-state index in [0.29, 0.717) is 28.1 Å². The molecule has 0 heterocycles. The zero-order chi connectivity index (χ0) is 22.6. The van der Waals surface area contributed by atoms with Gasteiger partial charge in [0.15, 0.2) is 18.1 Å². The van der Waals surface area contributed by atoms with Crippen molar-refractivity contribution in [2.75, 3.05) is 26.9 Å². The number of esters is 1. The third kappa shape index (κ3) is 7.93. The summed E-state index contributed by atoms with van der Waals surface area (Å²) >= 11 is 3.39. The molecule has 0 aliphatic rings. The second-order valence-corrected chi connectivity index (χ2v) is 7.03. The van der Waals surface area contributed by atoms with E-state index in [9.17, 15) is 9.59 Å². The molecule has 0 fully saturated rings. The lowest BCUT2D eigenvalue weighted by Gasteiger charge is -2.13. The van der Waals surface area contributed by atoms with Crippen LogP contribution in [0.2, 0.25) is 0 Å². The van der Waals surface area contributed by atoms with Crippen molar-refractivity contribution in [1.29, 1.82) is 0 Å². The Bertz CT molecular complexity index is 915. The maximum Gasteiger partial charge on any atom is 0.344 e. The van der Waals surface area contributed by atoms with E-state index in [0.717, 1.165) is 11.3 Å². The molecular weight excluding hydrogens is 468 g/mol. The van der Waals surface area contributed by atoms with Crippen LogP contribution in [0.25, 0.3) is 0 Å². The topological polar surface area (TPSA) is 95.5 Å². The van der Waals surface area contributed by atoms with Crippen molar-refractivity contribution in [2.24, 2.45) is 5.10 Å². The van der Waals surface area contributed by atoms with Crippen LogP contribution >= 0.6 is 15.9 Å². The lowest BCUT2D eigenvalue weighted by Crippen LogP contribution is -2.19. The molecule has 1 N–H and O–H groups in total. The van der Waals surface area contributed by atoms with Gasteiger partial charge in [-0.15, -0.1) is 0 Å². The Kier molecular flexibility index (Phi) is 9.83. The molecule has 2 rings (SSSR count). The molecule has 31 heavy (non-hydrogen) atoms. The molecule has 166 valence electrons. The molecule has 9 heteroatoms. The summed E-state index contributed by atoms with van der Waals surface area (Å²) < 4.78 is 21.6. The number of nitrogens with one attached hydrogen (secondary N) is 1. The molecule has 0 aliphatic heterocycles. The zero-order valence-corrected chi connectivity index (χ0v) is 19.2. The Morgan fingerprint density at radius 3 is 2.48 bits per heavy atom. The summed E-state index contributed by atoms with van der Waals surface area (Å²) in [5, 5.41) is 3.99. The van der Waals surface area contributed by atoms with Crippen LogP contribution in [0.5, 0.6) is 17.2 Å². The van der Waals surface area contributed by atoms with E-state index in [2.05, 4.69) is 26.5 Å². The molecule has 0 atom stereocenters. The van der Waals surface area contributed by atoms with Gasteiger partial charge in [-0.2, -0.15) is 5.10 Å². The number of ether oxygens (including phenoxy) is 4. The van der Waals surface area contributed by atoms with Crippen molar-refractivity contribution in [3.8, 4) is 17.2 Å². The number of hydrazone groups is 1. The highest BCUT2D eigenvalue weighted by Crippen LogP contribution is 2.36. The average molecular weight is 493 g/mol. The average Bonchev–Trinajstić information content (AvgIpc) is 2.74. The summed E-state index contributed by atoms with van der Waals surface area (Å²) in [4.78, 5) is 23.6. The summed E-state index contributed by atoms with van der Waals surface area (Å²) in [5.74, 6) is 0.810. The van der Waals surface area contributed by atoms with Crippen LogP contribution in [0.15, 0.2) is 46.0 Å². The Morgan fingerprint density at radius 2 is 1.84 bits per heavy atom. The third-order valence-electron chi connectivity index (χ3n) is 3.89. The fourth-order valence-corrected chi connectivity index (χ4v) is 3.14. The predicted octanol–water partition coefficient (Wildman–Crippen LogP) is 3.49. The Labute approximate surface area is 189 Å². The SMILES string of the molecule is CCOC(=O)COc1c(Br)cc(/C=N\NC(=O)Cc2ccc(OCC)cc2)cc1OC. The highest BCUT2D eigenvalue weighted by Gasteiger charge is 2.13. The first-order valence-corrected chi connectivity index (χ1v) is 10.5. The highest BCUT2D eigenvalue weighted by atomic mass is 79.9. The highest BCUT2D eigenvalue weighted by molar-refractivity contribution is 9.10. The Hall–Kier alpha value is -3.07. The number of carbonyl (C=O) groups excluding carboxylic acids is 2. The molecule has 0 unspecified atom stereocenters. The molecule has 2 aromatic rings. The molecule has 0 aliphatic carbocycles. The Morgan fingerprint density at radius 1 is 1.10 bits per heavy atom. The quantitative estimate of drug-likeness (QED) is 0.293. The number of carbonyl (C=O) groups is 2. The van der Waals surface area contributed by atoms with Crippen LogP contribution < -0.4 is 19.6 Å². The third-order valence-corrected chi connectivity index (χ3v) is 4.48. The van der Waals surface area contributed by atoms with Gasteiger partial charge in [0.05, 0.1) is 37.4 Å². The summed E-state index contributed by atoms with van der Waals surface area (Å²) in [6, 6.07) is 10.7. The molecule has 0 bridgehead atoms. The Balaban J connectivity index is 1.96. The van der Waals surface area contributed by atoms with Gasteiger partial charge >= 0.3 is 5.97 Å². The summed E-state index contributed by atoms with van der Waals surface area (Å²) in [5.41, 5.74) is 4.01. The van der Waals surface area contributed by atoms with E-state index in [1.165, 1.54) is 13.3 Å². The molecule has 8 nitrogen and oxygen atoms in total. The number of amides is 1. The fraction of sp³-hybridized carbons (Fsp3) is 0.318. The first-order chi connectivity index (χ1) is 15.0.